The highest BCUT2D eigenvalue weighted by Gasteiger charge is 2.23. The summed E-state index contributed by atoms with van der Waals surface area (Å²) >= 11 is 0. The zero-order chi connectivity index (χ0) is 14.5. The molecule has 0 aromatic heterocycles. The number of carbonyl (C=O) groups is 2. The Morgan fingerprint density at radius 2 is 1.90 bits per heavy atom. The van der Waals surface area contributed by atoms with Crippen LogP contribution in [0.25, 0.3) is 0 Å². The lowest BCUT2D eigenvalue weighted by Crippen LogP contribution is -2.48. The average molecular weight is 312 g/mol. The molecular formula is C15H22ClN3O2. The molecule has 1 heterocycles. The van der Waals surface area contributed by atoms with Gasteiger partial charge in [0.2, 0.25) is 0 Å². The molecule has 6 heteroatoms. The summed E-state index contributed by atoms with van der Waals surface area (Å²) in [6.45, 7) is 3.97. The number of benzene rings is 1. The summed E-state index contributed by atoms with van der Waals surface area (Å²) in [4.78, 5) is 23.8. The maximum atomic E-state index is 12.3. The highest BCUT2D eigenvalue weighted by atomic mass is 35.5. The number of carbonyl (C=O) groups excluding carboxylic acids is 2. The highest BCUT2D eigenvalue weighted by molar-refractivity contribution is 5.99. The van der Waals surface area contributed by atoms with Gasteiger partial charge in [0.25, 0.3) is 11.8 Å². The van der Waals surface area contributed by atoms with Gasteiger partial charge in [-0.25, -0.2) is 0 Å². The molecule has 0 saturated carbocycles. The van der Waals surface area contributed by atoms with Crippen LogP contribution in [0.3, 0.4) is 0 Å². The number of rotatable bonds is 3. The molecule has 5 nitrogen and oxygen atoms in total. The van der Waals surface area contributed by atoms with Crippen LogP contribution in [-0.2, 0) is 0 Å². The molecule has 2 rings (SSSR count). The van der Waals surface area contributed by atoms with Crippen LogP contribution in [0.5, 0.6) is 0 Å². The molecule has 116 valence electrons. The first-order valence-electron chi connectivity index (χ1n) is 6.95. The lowest BCUT2D eigenvalue weighted by atomic mass is 9.95. The predicted molar refractivity (Wildman–Crippen MR) is 85.0 cm³/mol. The number of hydrogen-bond acceptors (Lipinski definition) is 3. The lowest BCUT2D eigenvalue weighted by molar-refractivity contribution is 0.0914. The van der Waals surface area contributed by atoms with Crippen molar-refractivity contribution in [3.8, 4) is 0 Å². The van der Waals surface area contributed by atoms with Gasteiger partial charge in [0, 0.05) is 24.2 Å². The van der Waals surface area contributed by atoms with E-state index in [1.54, 1.807) is 31.3 Å². The fourth-order valence-corrected chi connectivity index (χ4v) is 2.43. The van der Waals surface area contributed by atoms with Crippen LogP contribution in [-0.4, -0.2) is 38.0 Å². The molecule has 0 bridgehead atoms. The minimum Gasteiger partial charge on any atom is -0.355 e. The van der Waals surface area contributed by atoms with Crippen LogP contribution in [0.4, 0.5) is 0 Å². The second-order valence-corrected chi connectivity index (χ2v) is 5.21. The molecule has 1 saturated heterocycles. The van der Waals surface area contributed by atoms with Gasteiger partial charge in [-0.05, 0) is 43.6 Å². The van der Waals surface area contributed by atoms with Crippen molar-refractivity contribution in [2.75, 3.05) is 20.1 Å². The fraction of sp³-hybridized carbons (Fsp3) is 0.467. The SMILES string of the molecule is CNC(=O)c1cccc(C(=O)NC2CCNCC2C)c1.Cl. The van der Waals surface area contributed by atoms with Gasteiger partial charge >= 0.3 is 0 Å². The van der Waals surface area contributed by atoms with E-state index in [-0.39, 0.29) is 30.3 Å². The van der Waals surface area contributed by atoms with Crippen molar-refractivity contribution < 1.29 is 9.59 Å². The Labute approximate surface area is 131 Å². The molecule has 0 radical (unpaired) electrons. The van der Waals surface area contributed by atoms with Crippen LogP contribution in [0.15, 0.2) is 24.3 Å². The summed E-state index contributed by atoms with van der Waals surface area (Å²) in [5.41, 5.74) is 1.02. The number of hydrogen-bond donors (Lipinski definition) is 3. The Kier molecular flexibility index (Phi) is 6.65. The molecule has 1 aliphatic heterocycles. The van der Waals surface area contributed by atoms with Crippen LogP contribution < -0.4 is 16.0 Å². The van der Waals surface area contributed by atoms with Crippen molar-refractivity contribution in [2.24, 2.45) is 5.92 Å². The number of piperidine rings is 1. The zero-order valence-corrected chi connectivity index (χ0v) is 13.1. The normalized spacial score (nSPS) is 21.0. The topological polar surface area (TPSA) is 70.2 Å². The quantitative estimate of drug-likeness (QED) is 0.785. The van der Waals surface area contributed by atoms with Crippen molar-refractivity contribution >= 4 is 24.2 Å². The van der Waals surface area contributed by atoms with Crippen LogP contribution in [0.1, 0.15) is 34.1 Å². The van der Waals surface area contributed by atoms with Crippen molar-refractivity contribution in [1.82, 2.24) is 16.0 Å². The third-order valence-corrected chi connectivity index (χ3v) is 3.72. The molecule has 1 aromatic carbocycles. The van der Waals surface area contributed by atoms with Crippen LogP contribution in [0.2, 0.25) is 0 Å². The lowest BCUT2D eigenvalue weighted by Gasteiger charge is -2.30. The van der Waals surface area contributed by atoms with Crippen molar-refractivity contribution in [1.29, 1.82) is 0 Å². The summed E-state index contributed by atoms with van der Waals surface area (Å²) in [5, 5.41) is 8.92. The minimum atomic E-state index is -0.185. The second-order valence-electron chi connectivity index (χ2n) is 5.21. The van der Waals surface area contributed by atoms with E-state index in [2.05, 4.69) is 22.9 Å². The average Bonchev–Trinajstić information content (AvgIpc) is 2.49. The number of halogens is 1. The van der Waals surface area contributed by atoms with Gasteiger partial charge in [-0.3, -0.25) is 9.59 Å². The third-order valence-electron chi connectivity index (χ3n) is 3.72. The highest BCUT2D eigenvalue weighted by Crippen LogP contribution is 2.12. The number of amides is 2. The smallest absolute Gasteiger partial charge is 0.251 e. The monoisotopic (exact) mass is 311 g/mol. The molecule has 0 aliphatic carbocycles. The van der Waals surface area contributed by atoms with Gasteiger partial charge < -0.3 is 16.0 Å². The second kappa shape index (κ2) is 8.00. The molecule has 2 amide bonds. The van der Waals surface area contributed by atoms with Gasteiger partial charge in [-0.2, -0.15) is 0 Å². The van der Waals surface area contributed by atoms with E-state index in [9.17, 15) is 9.59 Å². The standard InChI is InChI=1S/C15H21N3O2.ClH/c1-10-9-17-7-6-13(10)18-15(20)12-5-3-4-11(8-12)14(19)16-2;/h3-5,8,10,13,17H,6-7,9H2,1-2H3,(H,16,19)(H,18,20);1H. The molecule has 3 N–H and O–H groups in total. The molecule has 2 atom stereocenters. The molecule has 1 aliphatic rings. The maximum Gasteiger partial charge on any atom is 0.251 e. The van der Waals surface area contributed by atoms with E-state index < -0.39 is 0 Å². The van der Waals surface area contributed by atoms with Crippen LogP contribution in [0, 0.1) is 5.92 Å². The molecule has 1 aromatic rings. The predicted octanol–water partition coefficient (Wildman–Crippen LogP) is 1.20. The largest absolute Gasteiger partial charge is 0.355 e. The van der Waals surface area contributed by atoms with E-state index in [0.717, 1.165) is 19.5 Å². The Balaban J connectivity index is 0.00000220. The first-order chi connectivity index (χ1) is 9.61. The minimum absolute atomic E-state index is 0. The number of nitrogens with one attached hydrogen (secondary N) is 3. The van der Waals surface area contributed by atoms with Crippen LogP contribution >= 0.6 is 12.4 Å². The Morgan fingerprint density at radius 1 is 1.24 bits per heavy atom. The molecular weight excluding hydrogens is 290 g/mol. The molecule has 0 spiro atoms. The van der Waals surface area contributed by atoms with E-state index in [1.807, 2.05) is 0 Å². The Bertz CT molecular complexity index is 507. The Hall–Kier alpha value is -1.59. The molecule has 21 heavy (non-hydrogen) atoms. The van der Waals surface area contributed by atoms with Gasteiger partial charge in [-0.1, -0.05) is 13.0 Å². The van der Waals surface area contributed by atoms with E-state index in [4.69, 9.17) is 0 Å². The molecule has 2 unspecified atom stereocenters. The summed E-state index contributed by atoms with van der Waals surface area (Å²) in [6.07, 6.45) is 0.933. The van der Waals surface area contributed by atoms with Gasteiger partial charge in [0.15, 0.2) is 0 Å². The molecule has 1 fully saturated rings. The summed E-state index contributed by atoms with van der Waals surface area (Å²) in [7, 11) is 1.58. The van der Waals surface area contributed by atoms with Crippen molar-refractivity contribution in [2.45, 2.75) is 19.4 Å². The first-order valence-corrected chi connectivity index (χ1v) is 6.95. The summed E-state index contributed by atoms with van der Waals surface area (Å²) in [6, 6.07) is 6.97. The fourth-order valence-electron chi connectivity index (χ4n) is 2.43. The summed E-state index contributed by atoms with van der Waals surface area (Å²) in [5.74, 6) is 0.110. The zero-order valence-electron chi connectivity index (χ0n) is 12.3. The van der Waals surface area contributed by atoms with E-state index >= 15 is 0 Å². The van der Waals surface area contributed by atoms with E-state index in [1.165, 1.54) is 0 Å². The maximum absolute atomic E-state index is 12.3. The van der Waals surface area contributed by atoms with Gasteiger partial charge in [0.05, 0.1) is 0 Å². The van der Waals surface area contributed by atoms with Gasteiger partial charge in [-0.15, -0.1) is 12.4 Å². The van der Waals surface area contributed by atoms with Crippen molar-refractivity contribution in [3.05, 3.63) is 35.4 Å². The summed E-state index contributed by atoms with van der Waals surface area (Å²) < 4.78 is 0. The van der Waals surface area contributed by atoms with E-state index in [0.29, 0.717) is 17.0 Å². The Morgan fingerprint density at radius 3 is 2.52 bits per heavy atom. The first kappa shape index (κ1) is 17.5. The van der Waals surface area contributed by atoms with Gasteiger partial charge in [0.1, 0.15) is 0 Å². The third kappa shape index (κ3) is 4.44. The van der Waals surface area contributed by atoms with Crippen molar-refractivity contribution in [3.63, 3.8) is 0 Å².